The molecule has 1 N–H and O–H groups in total. The van der Waals surface area contributed by atoms with Crippen LogP contribution in [0, 0.1) is 0 Å². The molecule has 0 bridgehead atoms. The lowest BCUT2D eigenvalue weighted by molar-refractivity contribution is -0.136. The second kappa shape index (κ2) is 5.63. The van der Waals surface area contributed by atoms with Crippen molar-refractivity contribution in [3.05, 3.63) is 0 Å². The molecule has 2 unspecified atom stereocenters. The standard InChI is InChI=1S/C10H18O5S/c1-2-9(10(11)12)16(13,14)7-5-8-4-3-6-15-8/h8-9H,2-7H2,1H3,(H,11,12). The van der Waals surface area contributed by atoms with Gasteiger partial charge in [-0.25, -0.2) is 8.42 Å². The minimum atomic E-state index is -3.54. The summed E-state index contributed by atoms with van der Waals surface area (Å²) < 4.78 is 28.8. The number of carboxylic acids is 1. The van der Waals surface area contributed by atoms with E-state index in [1.165, 1.54) is 0 Å². The summed E-state index contributed by atoms with van der Waals surface area (Å²) in [7, 11) is -3.54. The van der Waals surface area contributed by atoms with Crippen LogP contribution in [0.25, 0.3) is 0 Å². The van der Waals surface area contributed by atoms with Crippen molar-refractivity contribution in [2.45, 2.75) is 44.0 Å². The van der Waals surface area contributed by atoms with Gasteiger partial charge in [-0.2, -0.15) is 0 Å². The number of hydrogen-bond acceptors (Lipinski definition) is 4. The summed E-state index contributed by atoms with van der Waals surface area (Å²) in [6.45, 7) is 2.25. The molecule has 5 nitrogen and oxygen atoms in total. The van der Waals surface area contributed by atoms with Crippen LogP contribution in [0.2, 0.25) is 0 Å². The highest BCUT2D eigenvalue weighted by Crippen LogP contribution is 2.18. The number of carbonyl (C=O) groups is 1. The molecular weight excluding hydrogens is 232 g/mol. The van der Waals surface area contributed by atoms with E-state index < -0.39 is 21.1 Å². The summed E-state index contributed by atoms with van der Waals surface area (Å²) in [5.41, 5.74) is 0. The molecule has 1 saturated heterocycles. The Morgan fingerprint density at radius 1 is 1.56 bits per heavy atom. The SMILES string of the molecule is CCC(C(=O)O)S(=O)(=O)CCC1CCCO1. The average Bonchev–Trinajstić information content (AvgIpc) is 2.67. The van der Waals surface area contributed by atoms with Crippen molar-refractivity contribution in [3.63, 3.8) is 0 Å². The summed E-state index contributed by atoms with van der Waals surface area (Å²) >= 11 is 0. The van der Waals surface area contributed by atoms with Gasteiger partial charge < -0.3 is 9.84 Å². The van der Waals surface area contributed by atoms with Crippen LogP contribution in [0.1, 0.15) is 32.6 Å². The molecule has 0 saturated carbocycles. The Hall–Kier alpha value is -0.620. The number of hydrogen-bond donors (Lipinski definition) is 1. The van der Waals surface area contributed by atoms with Gasteiger partial charge in [0.1, 0.15) is 0 Å². The molecule has 0 aromatic carbocycles. The monoisotopic (exact) mass is 250 g/mol. The predicted octanol–water partition coefficient (Wildman–Crippen LogP) is 0.834. The van der Waals surface area contributed by atoms with Crippen molar-refractivity contribution < 1.29 is 23.1 Å². The quantitative estimate of drug-likeness (QED) is 0.755. The van der Waals surface area contributed by atoms with E-state index in [1.54, 1.807) is 6.92 Å². The molecule has 6 heteroatoms. The smallest absolute Gasteiger partial charge is 0.321 e. The zero-order valence-electron chi connectivity index (χ0n) is 9.39. The van der Waals surface area contributed by atoms with Crippen molar-refractivity contribution in [1.82, 2.24) is 0 Å². The first-order chi connectivity index (χ1) is 7.47. The number of ether oxygens (including phenoxy) is 1. The largest absolute Gasteiger partial charge is 0.480 e. The summed E-state index contributed by atoms with van der Waals surface area (Å²) in [6, 6.07) is 0. The third-order valence-corrected chi connectivity index (χ3v) is 5.03. The molecule has 0 spiro atoms. The summed E-state index contributed by atoms with van der Waals surface area (Å²) in [5.74, 6) is -1.35. The van der Waals surface area contributed by atoms with Gasteiger partial charge in [-0.15, -0.1) is 0 Å². The van der Waals surface area contributed by atoms with Gasteiger partial charge in [0.15, 0.2) is 15.1 Å². The van der Waals surface area contributed by atoms with Crippen molar-refractivity contribution >= 4 is 15.8 Å². The van der Waals surface area contributed by atoms with E-state index in [0.717, 1.165) is 12.8 Å². The topological polar surface area (TPSA) is 80.7 Å². The molecular formula is C10H18O5S. The summed E-state index contributed by atoms with van der Waals surface area (Å²) in [6.07, 6.45) is 2.34. The maximum Gasteiger partial charge on any atom is 0.321 e. The Labute approximate surface area is 95.7 Å². The van der Waals surface area contributed by atoms with Gasteiger partial charge >= 0.3 is 5.97 Å². The van der Waals surface area contributed by atoms with Crippen LogP contribution in [0.3, 0.4) is 0 Å². The number of carboxylic acid groups (broad SMARTS) is 1. The van der Waals surface area contributed by atoms with Crippen molar-refractivity contribution in [2.75, 3.05) is 12.4 Å². The molecule has 1 aliphatic rings. The van der Waals surface area contributed by atoms with Crippen molar-refractivity contribution in [2.24, 2.45) is 0 Å². The number of sulfone groups is 1. The van der Waals surface area contributed by atoms with Crippen LogP contribution >= 0.6 is 0 Å². The average molecular weight is 250 g/mol. The normalized spacial score (nSPS) is 23.2. The van der Waals surface area contributed by atoms with Gasteiger partial charge in [-0.3, -0.25) is 4.79 Å². The van der Waals surface area contributed by atoms with Crippen LogP contribution in [0.5, 0.6) is 0 Å². The number of rotatable bonds is 6. The van der Waals surface area contributed by atoms with E-state index in [9.17, 15) is 13.2 Å². The third-order valence-electron chi connectivity index (χ3n) is 2.83. The van der Waals surface area contributed by atoms with E-state index in [0.29, 0.717) is 13.0 Å². The van der Waals surface area contributed by atoms with E-state index in [1.807, 2.05) is 0 Å². The van der Waals surface area contributed by atoms with Gasteiger partial charge in [0.05, 0.1) is 11.9 Å². The highest BCUT2D eigenvalue weighted by molar-refractivity contribution is 7.92. The minimum Gasteiger partial charge on any atom is -0.480 e. The fourth-order valence-electron chi connectivity index (χ4n) is 1.89. The lowest BCUT2D eigenvalue weighted by atomic mass is 10.2. The lowest BCUT2D eigenvalue weighted by Crippen LogP contribution is -2.32. The van der Waals surface area contributed by atoms with E-state index >= 15 is 0 Å². The second-order valence-corrected chi connectivity index (χ2v) is 6.33. The molecule has 94 valence electrons. The van der Waals surface area contributed by atoms with Crippen LogP contribution in [0.4, 0.5) is 0 Å². The number of aliphatic carboxylic acids is 1. The Morgan fingerprint density at radius 2 is 2.25 bits per heavy atom. The summed E-state index contributed by atoms with van der Waals surface area (Å²) in [4.78, 5) is 10.8. The first-order valence-electron chi connectivity index (χ1n) is 5.53. The lowest BCUT2D eigenvalue weighted by Gasteiger charge is -2.13. The molecule has 0 aromatic rings. The van der Waals surface area contributed by atoms with Gasteiger partial charge in [-0.1, -0.05) is 6.92 Å². The van der Waals surface area contributed by atoms with E-state index in [2.05, 4.69) is 0 Å². The Bertz CT molecular complexity index is 329. The molecule has 1 heterocycles. The van der Waals surface area contributed by atoms with Gasteiger partial charge in [0.25, 0.3) is 0 Å². The zero-order valence-corrected chi connectivity index (χ0v) is 10.2. The first kappa shape index (κ1) is 13.4. The van der Waals surface area contributed by atoms with Crippen LogP contribution in [-0.2, 0) is 19.4 Å². The predicted molar refractivity (Wildman–Crippen MR) is 59.1 cm³/mol. The molecule has 1 fully saturated rings. The molecule has 1 rings (SSSR count). The van der Waals surface area contributed by atoms with Crippen LogP contribution in [-0.4, -0.2) is 43.2 Å². The van der Waals surface area contributed by atoms with Gasteiger partial charge in [0.2, 0.25) is 0 Å². The molecule has 0 aliphatic carbocycles. The Kier molecular flexibility index (Phi) is 4.73. The molecule has 0 radical (unpaired) electrons. The van der Waals surface area contributed by atoms with E-state index in [-0.39, 0.29) is 18.3 Å². The van der Waals surface area contributed by atoms with Crippen LogP contribution < -0.4 is 0 Å². The van der Waals surface area contributed by atoms with E-state index in [4.69, 9.17) is 9.84 Å². The molecule has 0 aromatic heterocycles. The Balaban J connectivity index is 2.52. The minimum absolute atomic E-state index is 0.0129. The fourth-order valence-corrected chi connectivity index (χ4v) is 3.58. The molecule has 1 aliphatic heterocycles. The van der Waals surface area contributed by atoms with Crippen molar-refractivity contribution in [1.29, 1.82) is 0 Å². The first-order valence-corrected chi connectivity index (χ1v) is 7.25. The maximum absolute atomic E-state index is 11.7. The highest BCUT2D eigenvalue weighted by Gasteiger charge is 2.31. The third kappa shape index (κ3) is 3.45. The van der Waals surface area contributed by atoms with Crippen LogP contribution in [0.15, 0.2) is 0 Å². The molecule has 16 heavy (non-hydrogen) atoms. The molecule has 2 atom stereocenters. The van der Waals surface area contributed by atoms with Crippen molar-refractivity contribution in [3.8, 4) is 0 Å². The zero-order chi connectivity index (χ0) is 12.2. The fraction of sp³-hybridized carbons (Fsp3) is 0.900. The van der Waals surface area contributed by atoms with Gasteiger partial charge in [0, 0.05) is 6.61 Å². The maximum atomic E-state index is 11.7. The second-order valence-electron chi connectivity index (χ2n) is 4.03. The van der Waals surface area contributed by atoms with Gasteiger partial charge in [-0.05, 0) is 25.7 Å². The Morgan fingerprint density at radius 3 is 2.69 bits per heavy atom. The molecule has 0 amide bonds. The highest BCUT2D eigenvalue weighted by atomic mass is 32.2. The summed E-state index contributed by atoms with van der Waals surface area (Å²) in [5, 5.41) is 7.52.